The third-order valence-corrected chi connectivity index (χ3v) is 14.3. The molecule has 2 fully saturated rings. The van der Waals surface area contributed by atoms with Crippen LogP contribution in [-0.2, 0) is 35.8 Å². The summed E-state index contributed by atoms with van der Waals surface area (Å²) in [5, 5.41) is 56.9. The van der Waals surface area contributed by atoms with Crippen molar-refractivity contribution in [2.24, 2.45) is 5.92 Å². The lowest BCUT2D eigenvalue weighted by molar-refractivity contribution is -0.145. The number of likely N-dealkylation sites (tertiary alicyclic amines) is 1. The number of fused-ring (bicyclic) bond motifs is 6. The number of aliphatic carboxylic acids is 5. The van der Waals surface area contributed by atoms with Crippen molar-refractivity contribution in [3.63, 3.8) is 0 Å². The largest absolute Gasteiger partial charge is 0.508 e. The monoisotopic (exact) mass is 1010 g/mol. The molecule has 4 aliphatic rings. The molecule has 0 saturated carbocycles. The number of piperazine rings is 1. The highest BCUT2D eigenvalue weighted by molar-refractivity contribution is 8.00. The third-order valence-electron chi connectivity index (χ3n) is 12.3. The maximum absolute atomic E-state index is 9.87. The van der Waals surface area contributed by atoms with Gasteiger partial charge in [-0.3, -0.25) is 4.90 Å². The maximum atomic E-state index is 9.87. The quantitative estimate of drug-likeness (QED) is 0.0491. The number of carbonyl (C=O) groups is 5. The minimum atomic E-state index is -1.26. The Hall–Kier alpha value is -5.63. The zero-order valence-electron chi connectivity index (χ0n) is 41.2. The highest BCUT2D eigenvalue weighted by Crippen LogP contribution is 2.50. The predicted molar refractivity (Wildman–Crippen MR) is 275 cm³/mol. The summed E-state index contributed by atoms with van der Waals surface area (Å²) >= 11 is 3.84. The van der Waals surface area contributed by atoms with E-state index < -0.39 is 36.0 Å². The number of aliphatic hydroxyl groups excluding tert-OH is 1. The number of hydrogen-bond acceptors (Lipinski definition) is 13. The molecule has 18 heteroatoms. The average Bonchev–Trinajstić information content (AvgIpc) is 3.30. The van der Waals surface area contributed by atoms with Crippen LogP contribution in [0.5, 0.6) is 5.75 Å². The fourth-order valence-corrected chi connectivity index (χ4v) is 10.1. The zero-order chi connectivity index (χ0) is 52.1. The minimum absolute atomic E-state index is 0.207. The van der Waals surface area contributed by atoms with Crippen LogP contribution in [0.2, 0.25) is 0 Å². The molecule has 3 aliphatic heterocycles. The highest BCUT2D eigenvalue weighted by atomic mass is 32.2. The van der Waals surface area contributed by atoms with Gasteiger partial charge in [0.05, 0.1) is 11.4 Å². The number of allylic oxidation sites excluding steroid dienone is 1. The number of para-hydroxylation sites is 1. The normalized spacial score (nSPS) is 19.6. The number of aliphatic hydroxyl groups is 1. The van der Waals surface area contributed by atoms with Gasteiger partial charge >= 0.3 is 29.8 Å². The Balaban J connectivity index is 0.000000265. The predicted octanol–water partition coefficient (Wildman–Crippen LogP) is 7.80. The summed E-state index contributed by atoms with van der Waals surface area (Å²) in [6.45, 7) is 21.9. The number of likely N-dealkylation sites (N-methyl/N-ethyl adjacent to an activating group) is 1. The fraction of sp³-hybridized carbons (Fsp3) is 0.442. The summed E-state index contributed by atoms with van der Waals surface area (Å²) in [6.07, 6.45) is 6.84. The van der Waals surface area contributed by atoms with Gasteiger partial charge in [0, 0.05) is 84.3 Å². The van der Waals surface area contributed by atoms with Gasteiger partial charge in [0.25, 0.3) is 0 Å². The Kier molecular flexibility index (Phi) is 24.2. The number of benzene rings is 3. The smallest absolute Gasteiger partial charge is 0.332 e. The van der Waals surface area contributed by atoms with Gasteiger partial charge in [0.1, 0.15) is 11.9 Å². The van der Waals surface area contributed by atoms with Crippen LogP contribution >= 0.6 is 23.5 Å². The molecule has 3 heterocycles. The van der Waals surface area contributed by atoms with E-state index in [4.69, 9.17) is 30.6 Å². The van der Waals surface area contributed by atoms with E-state index in [0.717, 1.165) is 31.8 Å². The lowest BCUT2D eigenvalue weighted by atomic mass is 9.59. The lowest BCUT2D eigenvalue weighted by Gasteiger charge is -2.54. The van der Waals surface area contributed by atoms with Gasteiger partial charge in [0.15, 0.2) is 0 Å². The molecule has 1 aliphatic carbocycles. The fourth-order valence-electron chi connectivity index (χ4n) is 8.34. The number of carboxylic acid groups (broad SMARTS) is 5. The Bertz CT molecular complexity index is 2260. The first-order valence-electron chi connectivity index (χ1n) is 23.2. The minimum Gasteiger partial charge on any atom is -0.508 e. The van der Waals surface area contributed by atoms with Gasteiger partial charge in [-0.2, -0.15) is 0 Å². The lowest BCUT2D eigenvalue weighted by Crippen LogP contribution is -2.57. The van der Waals surface area contributed by atoms with E-state index in [-0.39, 0.29) is 5.41 Å². The molecule has 3 aromatic carbocycles. The van der Waals surface area contributed by atoms with E-state index in [9.17, 15) is 29.1 Å². The van der Waals surface area contributed by atoms with Crippen molar-refractivity contribution >= 4 is 64.7 Å². The second-order valence-electron chi connectivity index (χ2n) is 17.7. The van der Waals surface area contributed by atoms with E-state index in [2.05, 4.69) is 116 Å². The number of phenols is 1. The van der Waals surface area contributed by atoms with Gasteiger partial charge < -0.3 is 50.4 Å². The first-order valence-corrected chi connectivity index (χ1v) is 25.0. The Morgan fingerprint density at radius 3 is 1.91 bits per heavy atom. The standard InChI is InChI=1S/C22H29N3S2.C19H27NO.2C4H4O4.C3H6O3/c1-3-26-18-9-10-22-20(17-18)25(19-7-4-5-8-21(19)27-22)12-6-11-24-15-13-23(2)14-16-24;1-13(2)7-9-20-10-8-19(4)14(3)18(20)11-15-5-6-16(21)12-17(15)19;2*5-3(6)1-2-4(7)8;1-2(4)3(5)6/h4-5,7-10,17H,3,6,11-16H2,1-2H3;5-7,12,14,18,21H,8-11H2,1-4H3;2*1-2H,(H,5,6)(H,7,8);2,4H,1H3,(H,5,6)/b;;2*2-1-;/t;14-,18+,19+;;;/m.0.../s1. The summed E-state index contributed by atoms with van der Waals surface area (Å²) in [7, 11) is 2.22. The first-order chi connectivity index (χ1) is 33.1. The van der Waals surface area contributed by atoms with Gasteiger partial charge in [-0.1, -0.05) is 62.4 Å². The molecule has 70 heavy (non-hydrogen) atoms. The Morgan fingerprint density at radius 2 is 1.37 bits per heavy atom. The Labute approximate surface area is 420 Å². The number of rotatable bonds is 13. The van der Waals surface area contributed by atoms with Crippen LogP contribution in [0.3, 0.4) is 0 Å². The summed E-state index contributed by atoms with van der Waals surface area (Å²) in [5.41, 5.74) is 7.17. The van der Waals surface area contributed by atoms with Crippen LogP contribution in [0.4, 0.5) is 11.4 Å². The van der Waals surface area contributed by atoms with Crippen LogP contribution in [-0.4, -0.2) is 158 Å². The van der Waals surface area contributed by atoms with Crippen LogP contribution < -0.4 is 4.90 Å². The summed E-state index contributed by atoms with van der Waals surface area (Å²) in [6, 6.07) is 22.4. The Morgan fingerprint density at radius 1 is 0.800 bits per heavy atom. The number of thioether (sulfide) groups is 1. The van der Waals surface area contributed by atoms with Crippen molar-refractivity contribution in [1.29, 1.82) is 0 Å². The molecule has 0 aromatic heterocycles. The van der Waals surface area contributed by atoms with Gasteiger partial charge in [-0.25, -0.2) is 24.0 Å². The molecule has 7 N–H and O–H groups in total. The summed E-state index contributed by atoms with van der Waals surface area (Å²) < 4.78 is 0. The van der Waals surface area contributed by atoms with Crippen molar-refractivity contribution in [3.8, 4) is 5.75 Å². The number of anilines is 2. The number of carboxylic acids is 5. The van der Waals surface area contributed by atoms with Gasteiger partial charge in [-0.15, -0.1) is 11.8 Å². The molecule has 2 bridgehead atoms. The molecule has 0 radical (unpaired) electrons. The number of aromatic hydroxyl groups is 1. The van der Waals surface area contributed by atoms with Crippen molar-refractivity contribution in [3.05, 3.63) is 108 Å². The van der Waals surface area contributed by atoms with Crippen molar-refractivity contribution in [2.45, 2.75) is 93.1 Å². The van der Waals surface area contributed by atoms with Gasteiger partial charge in [0.2, 0.25) is 0 Å². The van der Waals surface area contributed by atoms with E-state index in [1.807, 2.05) is 35.7 Å². The van der Waals surface area contributed by atoms with E-state index >= 15 is 0 Å². The van der Waals surface area contributed by atoms with Gasteiger partial charge in [-0.05, 0) is 131 Å². The summed E-state index contributed by atoms with van der Waals surface area (Å²) in [4.78, 5) is 62.0. The zero-order valence-corrected chi connectivity index (χ0v) is 42.8. The second-order valence-corrected chi connectivity index (χ2v) is 20.1. The van der Waals surface area contributed by atoms with Crippen molar-refractivity contribution < 1.29 is 59.7 Å². The summed E-state index contributed by atoms with van der Waals surface area (Å²) in [5.74, 6) is -4.06. The number of hydrogen-bond donors (Lipinski definition) is 7. The molecule has 382 valence electrons. The molecule has 3 aromatic rings. The third kappa shape index (κ3) is 18.9. The van der Waals surface area contributed by atoms with Crippen LogP contribution in [0.15, 0.2) is 111 Å². The molecule has 0 spiro atoms. The van der Waals surface area contributed by atoms with Crippen LogP contribution in [0, 0.1) is 5.92 Å². The van der Waals surface area contributed by atoms with E-state index in [1.54, 1.807) is 0 Å². The highest BCUT2D eigenvalue weighted by Gasteiger charge is 2.48. The maximum Gasteiger partial charge on any atom is 0.332 e. The van der Waals surface area contributed by atoms with E-state index in [0.29, 0.717) is 42.0 Å². The molecule has 7 rings (SSSR count). The average molecular weight is 1010 g/mol. The molecule has 2 saturated heterocycles. The van der Waals surface area contributed by atoms with Crippen LogP contribution in [0.25, 0.3) is 0 Å². The first kappa shape index (κ1) is 58.7. The molecular weight excluding hydrogens is 937 g/mol. The molecule has 1 unspecified atom stereocenters. The number of nitrogens with zero attached hydrogens (tertiary/aromatic N) is 4. The molecule has 0 amide bonds. The van der Waals surface area contributed by atoms with Crippen molar-refractivity contribution in [1.82, 2.24) is 14.7 Å². The molecule has 4 atom stereocenters. The number of piperidine rings is 1. The molecule has 16 nitrogen and oxygen atoms in total. The second kappa shape index (κ2) is 28.9. The molecular formula is C52H70N4O12S2. The number of phenolic OH excluding ortho intramolecular Hbond substituents is 1. The van der Waals surface area contributed by atoms with Crippen LogP contribution in [0.1, 0.15) is 65.5 Å². The van der Waals surface area contributed by atoms with E-state index in [1.165, 1.54) is 95.3 Å². The van der Waals surface area contributed by atoms with Crippen molar-refractivity contribution in [2.75, 3.05) is 70.1 Å². The topological polar surface area (TPSA) is 240 Å². The SMILES string of the molecule is CC(C)=CCN1CC[C@@]2(C)c3cc(O)ccc3C[C@@H]1[C@@H]2C.CC(O)C(=O)O.CCSc1ccc2c(c1)N(CCCN1CCN(C)CC1)c1ccccc1S2.O=C(O)/C=C\C(=O)O.O=C(O)/C=C\C(=O)O.